The Morgan fingerprint density at radius 2 is 1.55 bits per heavy atom. The fourth-order valence-electron chi connectivity index (χ4n) is 3.68. The van der Waals surface area contributed by atoms with Crippen LogP contribution in [0, 0.1) is 20.8 Å². The highest BCUT2D eigenvalue weighted by atomic mass is 32.2. The van der Waals surface area contributed by atoms with Crippen molar-refractivity contribution in [1.29, 1.82) is 0 Å². The first-order valence-corrected chi connectivity index (χ1v) is 9.23. The minimum absolute atomic E-state index is 0.765. The SMILES string of the molecule is Cc1cc(C)c(SN2CCC(N3CCOCC3)CC2)c(C)c1. The Kier molecular flexibility index (Phi) is 5.45. The number of ether oxygens (including phenoxy) is 1. The third kappa shape index (κ3) is 3.85. The Labute approximate surface area is 139 Å². The van der Waals surface area contributed by atoms with Crippen LogP contribution in [0.15, 0.2) is 17.0 Å². The van der Waals surface area contributed by atoms with E-state index >= 15 is 0 Å². The highest BCUT2D eigenvalue weighted by molar-refractivity contribution is 7.97. The predicted molar refractivity (Wildman–Crippen MR) is 93.5 cm³/mol. The third-order valence-corrected chi connectivity index (χ3v) is 6.26. The minimum Gasteiger partial charge on any atom is -0.379 e. The summed E-state index contributed by atoms with van der Waals surface area (Å²) in [5.74, 6) is 0. The van der Waals surface area contributed by atoms with Crippen LogP contribution in [0.25, 0.3) is 0 Å². The number of rotatable bonds is 3. The Morgan fingerprint density at radius 3 is 2.14 bits per heavy atom. The van der Waals surface area contributed by atoms with Crippen molar-refractivity contribution in [3.8, 4) is 0 Å². The average molecular weight is 321 g/mol. The van der Waals surface area contributed by atoms with Crippen LogP contribution in [0.4, 0.5) is 0 Å². The lowest BCUT2D eigenvalue weighted by atomic mass is 10.0. The van der Waals surface area contributed by atoms with Gasteiger partial charge < -0.3 is 4.74 Å². The van der Waals surface area contributed by atoms with Crippen LogP contribution >= 0.6 is 11.9 Å². The van der Waals surface area contributed by atoms with Gasteiger partial charge in [-0.1, -0.05) is 17.7 Å². The van der Waals surface area contributed by atoms with Crippen molar-refractivity contribution in [1.82, 2.24) is 9.21 Å². The van der Waals surface area contributed by atoms with Crippen LogP contribution in [-0.4, -0.2) is 54.6 Å². The number of hydrogen-bond donors (Lipinski definition) is 0. The average Bonchev–Trinajstić information content (AvgIpc) is 2.52. The highest BCUT2D eigenvalue weighted by Crippen LogP contribution is 2.33. The molecule has 122 valence electrons. The van der Waals surface area contributed by atoms with Gasteiger partial charge >= 0.3 is 0 Å². The largest absolute Gasteiger partial charge is 0.379 e. The molecular weight excluding hydrogens is 292 g/mol. The maximum absolute atomic E-state index is 5.47. The summed E-state index contributed by atoms with van der Waals surface area (Å²) in [6, 6.07) is 5.37. The molecule has 2 saturated heterocycles. The Bertz CT molecular complexity index is 483. The zero-order chi connectivity index (χ0) is 15.5. The maximum atomic E-state index is 5.47. The van der Waals surface area contributed by atoms with E-state index in [2.05, 4.69) is 42.1 Å². The lowest BCUT2D eigenvalue weighted by molar-refractivity contribution is 0.00658. The van der Waals surface area contributed by atoms with Gasteiger partial charge in [-0.2, -0.15) is 0 Å². The number of hydrogen-bond acceptors (Lipinski definition) is 4. The molecule has 0 bridgehead atoms. The number of morpholine rings is 1. The van der Waals surface area contributed by atoms with Crippen molar-refractivity contribution in [2.24, 2.45) is 0 Å². The molecule has 3 nitrogen and oxygen atoms in total. The molecule has 22 heavy (non-hydrogen) atoms. The minimum atomic E-state index is 0.765. The molecule has 2 fully saturated rings. The van der Waals surface area contributed by atoms with Gasteiger partial charge in [-0.15, -0.1) is 0 Å². The molecule has 1 aromatic rings. The van der Waals surface area contributed by atoms with Crippen LogP contribution in [0.5, 0.6) is 0 Å². The lowest BCUT2D eigenvalue weighted by Gasteiger charge is -2.39. The molecule has 0 atom stereocenters. The van der Waals surface area contributed by atoms with Gasteiger partial charge in [0.1, 0.15) is 0 Å². The standard InChI is InChI=1S/C18H28N2OS/c1-14-12-15(2)18(16(3)13-14)22-20-6-4-17(5-7-20)19-8-10-21-11-9-19/h12-13,17H,4-11H2,1-3H3. The number of aryl methyl sites for hydroxylation is 3. The van der Waals surface area contributed by atoms with E-state index in [4.69, 9.17) is 4.74 Å². The summed E-state index contributed by atoms with van der Waals surface area (Å²) in [7, 11) is 0. The number of benzene rings is 1. The first kappa shape index (κ1) is 16.3. The molecule has 0 saturated carbocycles. The van der Waals surface area contributed by atoms with E-state index in [1.807, 2.05) is 11.9 Å². The first-order chi connectivity index (χ1) is 10.6. The van der Waals surface area contributed by atoms with Gasteiger partial charge in [0.2, 0.25) is 0 Å². The molecule has 2 aliphatic heterocycles. The van der Waals surface area contributed by atoms with E-state index in [0.717, 1.165) is 32.3 Å². The van der Waals surface area contributed by atoms with Gasteiger partial charge in [0.05, 0.1) is 13.2 Å². The lowest BCUT2D eigenvalue weighted by Crippen LogP contribution is -2.47. The van der Waals surface area contributed by atoms with Crippen molar-refractivity contribution in [2.45, 2.75) is 44.6 Å². The van der Waals surface area contributed by atoms with Gasteiger partial charge in [0.25, 0.3) is 0 Å². The second-order valence-electron chi connectivity index (χ2n) is 6.63. The van der Waals surface area contributed by atoms with E-state index in [-0.39, 0.29) is 0 Å². The third-order valence-electron chi connectivity index (χ3n) is 4.81. The monoisotopic (exact) mass is 320 g/mol. The van der Waals surface area contributed by atoms with Gasteiger partial charge in [0.15, 0.2) is 0 Å². The Morgan fingerprint density at radius 1 is 0.955 bits per heavy atom. The number of nitrogens with zero attached hydrogens (tertiary/aromatic N) is 2. The normalized spacial score (nSPS) is 22.1. The molecule has 0 N–H and O–H groups in total. The molecule has 0 radical (unpaired) electrons. The molecule has 2 aliphatic rings. The van der Waals surface area contributed by atoms with Crippen molar-refractivity contribution in [3.63, 3.8) is 0 Å². The predicted octanol–water partition coefficient (Wildman–Crippen LogP) is 3.42. The van der Waals surface area contributed by atoms with Crippen LogP contribution < -0.4 is 0 Å². The second-order valence-corrected chi connectivity index (χ2v) is 7.73. The summed E-state index contributed by atoms with van der Waals surface area (Å²) < 4.78 is 8.03. The fraction of sp³-hybridized carbons (Fsp3) is 0.667. The molecule has 1 aromatic carbocycles. The van der Waals surface area contributed by atoms with E-state index in [1.54, 1.807) is 0 Å². The summed E-state index contributed by atoms with van der Waals surface area (Å²) in [6.45, 7) is 13.1. The first-order valence-electron chi connectivity index (χ1n) is 8.46. The van der Waals surface area contributed by atoms with Gasteiger partial charge in [-0.25, -0.2) is 4.31 Å². The fourth-order valence-corrected chi connectivity index (χ4v) is 4.74. The summed E-state index contributed by atoms with van der Waals surface area (Å²) in [6.07, 6.45) is 2.58. The molecule has 0 unspecified atom stereocenters. The van der Waals surface area contributed by atoms with Crippen LogP contribution in [0.2, 0.25) is 0 Å². The zero-order valence-electron chi connectivity index (χ0n) is 14.1. The van der Waals surface area contributed by atoms with E-state index < -0.39 is 0 Å². The molecule has 3 rings (SSSR count). The maximum Gasteiger partial charge on any atom is 0.0594 e. The Hall–Kier alpha value is -0.550. The molecule has 0 spiro atoms. The van der Waals surface area contributed by atoms with Crippen molar-refractivity contribution in [2.75, 3.05) is 39.4 Å². The summed E-state index contributed by atoms with van der Waals surface area (Å²) in [5.41, 5.74) is 4.20. The molecular formula is C18H28N2OS. The smallest absolute Gasteiger partial charge is 0.0594 e. The molecule has 0 aromatic heterocycles. The summed E-state index contributed by atoms with van der Waals surface area (Å²) in [5, 5.41) is 0. The molecule has 2 heterocycles. The van der Waals surface area contributed by atoms with E-state index in [1.165, 1.54) is 47.5 Å². The quantitative estimate of drug-likeness (QED) is 0.793. The van der Waals surface area contributed by atoms with Gasteiger partial charge in [-0.3, -0.25) is 4.90 Å². The van der Waals surface area contributed by atoms with Gasteiger partial charge in [-0.05, 0) is 56.7 Å². The molecule has 0 aliphatic carbocycles. The highest BCUT2D eigenvalue weighted by Gasteiger charge is 2.26. The molecule has 4 heteroatoms. The van der Waals surface area contributed by atoms with Gasteiger partial charge in [0, 0.05) is 37.1 Å². The van der Waals surface area contributed by atoms with E-state index in [0.29, 0.717) is 0 Å². The van der Waals surface area contributed by atoms with Crippen LogP contribution in [0.1, 0.15) is 29.5 Å². The van der Waals surface area contributed by atoms with Crippen molar-refractivity contribution in [3.05, 3.63) is 28.8 Å². The Balaban J connectivity index is 1.56. The zero-order valence-corrected chi connectivity index (χ0v) is 14.9. The van der Waals surface area contributed by atoms with Crippen LogP contribution in [0.3, 0.4) is 0 Å². The van der Waals surface area contributed by atoms with E-state index in [9.17, 15) is 0 Å². The number of piperidine rings is 1. The van der Waals surface area contributed by atoms with Crippen molar-refractivity contribution >= 4 is 11.9 Å². The topological polar surface area (TPSA) is 15.7 Å². The van der Waals surface area contributed by atoms with Crippen LogP contribution in [-0.2, 0) is 4.74 Å². The summed E-state index contributed by atoms with van der Waals surface area (Å²) >= 11 is 1.97. The molecule has 0 amide bonds. The van der Waals surface area contributed by atoms with Crippen molar-refractivity contribution < 1.29 is 4.74 Å². The summed E-state index contributed by atoms with van der Waals surface area (Å²) in [4.78, 5) is 4.09. The second kappa shape index (κ2) is 7.35.